The Labute approximate surface area is 54.1 Å². The van der Waals surface area contributed by atoms with Gasteiger partial charge in [-0.25, -0.2) is 0 Å². The second-order valence-electron chi connectivity index (χ2n) is 0.919. The molecule has 0 atom stereocenters. The van der Waals surface area contributed by atoms with Crippen LogP contribution in [-0.2, 0) is 10.4 Å². The molecule has 2 N–H and O–H groups in total. The van der Waals surface area contributed by atoms with Crippen LogP contribution in [0.3, 0.4) is 0 Å². The molecule has 0 aliphatic carbocycles. The van der Waals surface area contributed by atoms with E-state index < -0.39 is 10.4 Å². The quantitative estimate of drug-likeness (QED) is 0.428. The molecule has 0 rings (SSSR count). The maximum absolute atomic E-state index is 8.74. The van der Waals surface area contributed by atoms with Crippen LogP contribution in [0.1, 0.15) is 0 Å². The van der Waals surface area contributed by atoms with Crippen LogP contribution in [0, 0.1) is 0 Å². The molecule has 0 aromatic carbocycles. The summed E-state index contributed by atoms with van der Waals surface area (Å²) < 4.78 is 31.6. The predicted octanol–water partition coefficient (Wildman–Crippen LogP) is 0.706. The zero-order chi connectivity index (χ0) is 7.91. The lowest BCUT2D eigenvalue weighted by molar-refractivity contribution is 0.381. The second kappa shape index (κ2) is 5.49. The van der Waals surface area contributed by atoms with Gasteiger partial charge in [0.2, 0.25) is 0 Å². The summed E-state index contributed by atoms with van der Waals surface area (Å²) >= 11 is 0. The van der Waals surface area contributed by atoms with E-state index in [-0.39, 0.29) is 0 Å². The van der Waals surface area contributed by atoms with Crippen LogP contribution in [0.4, 0.5) is 0 Å². The first-order chi connectivity index (χ1) is 3.91. The maximum Gasteiger partial charge on any atom is 0.394 e. The largest absolute Gasteiger partial charge is 0.394 e. The molecule has 0 heterocycles. The number of allylic oxidation sites excluding steroid dienone is 2. The molecule has 0 fully saturated rings. The summed E-state index contributed by atoms with van der Waals surface area (Å²) in [6.45, 7) is 6.72. The summed E-state index contributed by atoms with van der Waals surface area (Å²) in [6, 6.07) is 0. The average molecular weight is 152 g/mol. The molecule has 0 bridgehead atoms. The van der Waals surface area contributed by atoms with Crippen molar-refractivity contribution >= 4 is 10.4 Å². The fourth-order valence-electron chi connectivity index (χ4n) is 0. The molecule has 0 aliphatic rings. The van der Waals surface area contributed by atoms with Gasteiger partial charge in [0.15, 0.2) is 0 Å². The van der Waals surface area contributed by atoms with Crippen molar-refractivity contribution in [3.63, 3.8) is 0 Å². The molecule has 0 unspecified atom stereocenters. The zero-order valence-corrected chi connectivity index (χ0v) is 5.50. The van der Waals surface area contributed by atoms with E-state index >= 15 is 0 Å². The van der Waals surface area contributed by atoms with Gasteiger partial charge in [-0.2, -0.15) is 8.42 Å². The summed E-state index contributed by atoms with van der Waals surface area (Å²) in [5.41, 5.74) is 0. The lowest BCUT2D eigenvalue weighted by Gasteiger charge is -1.68. The highest BCUT2D eigenvalue weighted by Crippen LogP contribution is 1.59. The van der Waals surface area contributed by atoms with Crippen molar-refractivity contribution < 1.29 is 17.5 Å². The van der Waals surface area contributed by atoms with Crippen molar-refractivity contribution in [2.24, 2.45) is 0 Å². The first-order valence-electron chi connectivity index (χ1n) is 1.85. The van der Waals surface area contributed by atoms with Crippen LogP contribution in [0.5, 0.6) is 0 Å². The molecule has 0 amide bonds. The first-order valence-corrected chi connectivity index (χ1v) is 3.25. The standard InChI is InChI=1S/C4H6.H2O4S/c1-3-4-2;1-5(2,3)4/h3-4H,1-2H2;(H2,1,2,3,4). The van der Waals surface area contributed by atoms with E-state index in [4.69, 9.17) is 17.5 Å². The predicted molar refractivity (Wildman–Crippen MR) is 34.6 cm³/mol. The molecule has 9 heavy (non-hydrogen) atoms. The lowest BCUT2D eigenvalue weighted by Crippen LogP contribution is -1.89. The van der Waals surface area contributed by atoms with E-state index in [9.17, 15) is 0 Å². The maximum atomic E-state index is 8.74. The molecule has 54 valence electrons. The van der Waals surface area contributed by atoms with Gasteiger partial charge >= 0.3 is 10.4 Å². The minimum absolute atomic E-state index is 1.64. The molecule has 0 radical (unpaired) electrons. The topological polar surface area (TPSA) is 74.6 Å². The third-order valence-electron chi connectivity index (χ3n) is 0.167. The molecular weight excluding hydrogens is 144 g/mol. The van der Waals surface area contributed by atoms with Crippen molar-refractivity contribution in [1.29, 1.82) is 0 Å². The molecule has 4 nitrogen and oxygen atoms in total. The van der Waals surface area contributed by atoms with Crippen LogP contribution in [-0.4, -0.2) is 17.5 Å². The Morgan fingerprint density at radius 1 is 1.11 bits per heavy atom. The van der Waals surface area contributed by atoms with Crippen molar-refractivity contribution in [2.45, 2.75) is 0 Å². The highest BCUT2D eigenvalue weighted by molar-refractivity contribution is 7.79. The van der Waals surface area contributed by atoms with Gasteiger partial charge in [0.05, 0.1) is 0 Å². The van der Waals surface area contributed by atoms with Crippen LogP contribution in [0.2, 0.25) is 0 Å². The molecule has 5 heteroatoms. The highest BCUT2D eigenvalue weighted by atomic mass is 32.3. The van der Waals surface area contributed by atoms with E-state index in [0.717, 1.165) is 0 Å². The van der Waals surface area contributed by atoms with Gasteiger partial charge in [-0.05, 0) is 0 Å². The lowest BCUT2D eigenvalue weighted by atomic mass is 10.6. The van der Waals surface area contributed by atoms with E-state index in [0.29, 0.717) is 0 Å². The smallest absolute Gasteiger partial charge is 0.264 e. The molecular formula is C4H8O4S. The fourth-order valence-corrected chi connectivity index (χ4v) is 0. The first kappa shape index (κ1) is 11.2. The van der Waals surface area contributed by atoms with Gasteiger partial charge in [0.25, 0.3) is 0 Å². The van der Waals surface area contributed by atoms with Crippen LogP contribution < -0.4 is 0 Å². The monoisotopic (exact) mass is 152 g/mol. The van der Waals surface area contributed by atoms with Gasteiger partial charge in [-0.3, -0.25) is 9.11 Å². The zero-order valence-electron chi connectivity index (χ0n) is 4.69. The van der Waals surface area contributed by atoms with Crippen LogP contribution >= 0.6 is 0 Å². The second-order valence-corrected chi connectivity index (χ2v) is 1.81. The van der Waals surface area contributed by atoms with Crippen LogP contribution in [0.25, 0.3) is 0 Å². The Kier molecular flexibility index (Phi) is 6.82. The third kappa shape index (κ3) is 1720. The molecule has 0 aromatic rings. The van der Waals surface area contributed by atoms with Crippen molar-refractivity contribution in [2.75, 3.05) is 0 Å². The summed E-state index contributed by atoms with van der Waals surface area (Å²) in [5, 5.41) is 0. The minimum Gasteiger partial charge on any atom is -0.264 e. The van der Waals surface area contributed by atoms with Crippen molar-refractivity contribution in [3.8, 4) is 0 Å². The normalized spacial score (nSPS) is 8.67. The molecule has 0 spiro atoms. The third-order valence-corrected chi connectivity index (χ3v) is 0.167. The number of hydrogen-bond donors (Lipinski definition) is 2. The van der Waals surface area contributed by atoms with E-state index in [1.165, 1.54) is 0 Å². The van der Waals surface area contributed by atoms with Gasteiger partial charge in [0, 0.05) is 0 Å². The summed E-state index contributed by atoms with van der Waals surface area (Å²) in [5.74, 6) is 0. The Bertz CT molecular complexity index is 153. The number of rotatable bonds is 1. The van der Waals surface area contributed by atoms with E-state index in [2.05, 4.69) is 13.2 Å². The summed E-state index contributed by atoms with van der Waals surface area (Å²) in [7, 11) is -4.67. The number of hydrogen-bond acceptors (Lipinski definition) is 2. The SMILES string of the molecule is C=CC=C.O=S(=O)(O)O. The van der Waals surface area contributed by atoms with E-state index in [1.54, 1.807) is 12.2 Å². The molecule has 0 aromatic heterocycles. The Hall–Kier alpha value is -0.650. The van der Waals surface area contributed by atoms with Gasteiger partial charge < -0.3 is 0 Å². The Balaban J connectivity index is 0. The van der Waals surface area contributed by atoms with Crippen LogP contribution in [0.15, 0.2) is 25.3 Å². The van der Waals surface area contributed by atoms with Crippen molar-refractivity contribution in [1.82, 2.24) is 0 Å². The Morgan fingerprint density at radius 2 is 1.22 bits per heavy atom. The van der Waals surface area contributed by atoms with E-state index in [1.807, 2.05) is 0 Å². The van der Waals surface area contributed by atoms with Gasteiger partial charge in [-0.1, -0.05) is 25.3 Å². The summed E-state index contributed by atoms with van der Waals surface area (Å²) in [4.78, 5) is 0. The highest BCUT2D eigenvalue weighted by Gasteiger charge is 1.84. The molecule has 0 saturated heterocycles. The molecule has 0 aliphatic heterocycles. The van der Waals surface area contributed by atoms with Gasteiger partial charge in [-0.15, -0.1) is 0 Å². The minimum atomic E-state index is -4.67. The van der Waals surface area contributed by atoms with Gasteiger partial charge in [0.1, 0.15) is 0 Å². The molecule has 0 saturated carbocycles. The summed E-state index contributed by atoms with van der Waals surface area (Å²) in [6.07, 6.45) is 3.28. The average Bonchev–Trinajstić information content (AvgIpc) is 1.61. The fraction of sp³-hybridized carbons (Fsp3) is 0. The van der Waals surface area contributed by atoms with Crippen molar-refractivity contribution in [3.05, 3.63) is 25.3 Å². The Morgan fingerprint density at radius 3 is 1.22 bits per heavy atom.